The van der Waals surface area contributed by atoms with Gasteiger partial charge in [0.05, 0.1) is 6.04 Å². The maximum absolute atomic E-state index is 13.0. The number of carbonyl (C=O) groups excluding carboxylic acids is 1. The number of carboxylic acid groups (broad SMARTS) is 1. The van der Waals surface area contributed by atoms with Gasteiger partial charge in [-0.05, 0) is 105 Å². The van der Waals surface area contributed by atoms with Crippen LogP contribution in [0.5, 0.6) is 0 Å². The van der Waals surface area contributed by atoms with E-state index in [4.69, 9.17) is 23.2 Å². The number of carbonyl (C=O) groups is 2. The average Bonchev–Trinajstić information content (AvgIpc) is 3.00. The predicted molar refractivity (Wildman–Crippen MR) is 186 cm³/mol. The van der Waals surface area contributed by atoms with Crippen LogP contribution in [-0.2, 0) is 0 Å². The zero-order valence-corrected chi connectivity index (χ0v) is 28.5. The molecule has 0 aliphatic carbocycles. The zero-order chi connectivity index (χ0) is 33.5. The fourth-order valence-corrected chi connectivity index (χ4v) is 6.21. The Morgan fingerprint density at radius 2 is 1.50 bits per heavy atom. The molecule has 0 saturated heterocycles. The standard InChI is InChI=1S/C35H40Cl2N6O3/c1-7-42(8-2)16-15-41(6)33(44)25-9-11-29(12-10-25)39-34-38-14-13-30(40-34)43(35(45)46)32(26-19-27(36)21-28(37)20-26)31-23(4)17-22(3)18-24(31)5/h9-14,17-21,32H,7-8,15-16H2,1-6H3,(H,45,46)(H,38,39,40). The normalized spacial score (nSPS) is 11.8. The molecule has 0 fully saturated rings. The highest BCUT2D eigenvalue weighted by molar-refractivity contribution is 6.34. The van der Waals surface area contributed by atoms with Gasteiger partial charge in [0.15, 0.2) is 0 Å². The number of aromatic nitrogens is 2. The van der Waals surface area contributed by atoms with Crippen molar-refractivity contribution >= 4 is 52.7 Å². The molecule has 1 aromatic heterocycles. The molecule has 4 rings (SSSR count). The monoisotopic (exact) mass is 662 g/mol. The van der Waals surface area contributed by atoms with Gasteiger partial charge in [-0.1, -0.05) is 54.7 Å². The van der Waals surface area contributed by atoms with E-state index < -0.39 is 12.1 Å². The number of anilines is 3. The fourth-order valence-electron chi connectivity index (χ4n) is 5.66. The van der Waals surface area contributed by atoms with Crippen molar-refractivity contribution in [1.82, 2.24) is 19.8 Å². The van der Waals surface area contributed by atoms with Gasteiger partial charge in [-0.25, -0.2) is 14.7 Å². The Labute approximate surface area is 280 Å². The molecule has 4 aromatic rings. The second-order valence-corrected chi connectivity index (χ2v) is 12.1. The number of hydrogen-bond donors (Lipinski definition) is 2. The first kappa shape index (κ1) is 34.7. The minimum absolute atomic E-state index is 0.0668. The summed E-state index contributed by atoms with van der Waals surface area (Å²) in [4.78, 5) is 40.1. The number of nitrogens with one attached hydrogen (secondary N) is 1. The Hall–Kier alpha value is -4.18. The minimum atomic E-state index is -1.21. The van der Waals surface area contributed by atoms with Crippen molar-refractivity contribution in [2.45, 2.75) is 40.7 Å². The van der Waals surface area contributed by atoms with E-state index in [1.807, 2.05) is 32.9 Å². The molecule has 1 atom stereocenters. The molecule has 0 bridgehead atoms. The van der Waals surface area contributed by atoms with Gasteiger partial charge in [-0.2, -0.15) is 4.98 Å². The molecule has 0 radical (unpaired) electrons. The van der Waals surface area contributed by atoms with Crippen molar-refractivity contribution in [2.24, 2.45) is 0 Å². The summed E-state index contributed by atoms with van der Waals surface area (Å²) in [5.74, 6) is 0.286. The van der Waals surface area contributed by atoms with Crippen LogP contribution in [-0.4, -0.2) is 70.1 Å². The third-order valence-corrected chi connectivity index (χ3v) is 8.38. The molecule has 2 amide bonds. The number of nitrogens with zero attached hydrogens (tertiary/aromatic N) is 5. The number of halogens is 2. The third-order valence-electron chi connectivity index (χ3n) is 7.94. The summed E-state index contributed by atoms with van der Waals surface area (Å²) in [6, 6.07) is 16.9. The smallest absolute Gasteiger partial charge is 0.413 e. The number of aryl methyl sites for hydroxylation is 3. The lowest BCUT2D eigenvalue weighted by Gasteiger charge is -2.32. The van der Waals surface area contributed by atoms with E-state index in [0.29, 0.717) is 33.4 Å². The van der Waals surface area contributed by atoms with Crippen molar-refractivity contribution in [3.8, 4) is 0 Å². The Morgan fingerprint density at radius 1 is 0.891 bits per heavy atom. The molecular weight excluding hydrogens is 623 g/mol. The molecule has 0 aliphatic heterocycles. The largest absolute Gasteiger partial charge is 0.465 e. The summed E-state index contributed by atoms with van der Waals surface area (Å²) >= 11 is 12.8. The van der Waals surface area contributed by atoms with E-state index in [9.17, 15) is 14.7 Å². The van der Waals surface area contributed by atoms with Gasteiger partial charge in [-0.3, -0.25) is 4.79 Å². The second-order valence-electron chi connectivity index (χ2n) is 11.3. The van der Waals surface area contributed by atoms with E-state index >= 15 is 0 Å². The summed E-state index contributed by atoms with van der Waals surface area (Å²) in [6.07, 6.45) is 0.290. The number of likely N-dealkylation sites (N-methyl/N-ethyl adjacent to an activating group) is 2. The Balaban J connectivity index is 1.64. The summed E-state index contributed by atoms with van der Waals surface area (Å²) < 4.78 is 0. The summed E-state index contributed by atoms with van der Waals surface area (Å²) in [6.45, 7) is 13.4. The van der Waals surface area contributed by atoms with Gasteiger partial charge in [0.2, 0.25) is 5.95 Å². The topological polar surface area (TPSA) is 102 Å². The molecule has 1 unspecified atom stereocenters. The van der Waals surface area contributed by atoms with Crippen LogP contribution in [0.4, 0.5) is 22.2 Å². The fraction of sp³-hybridized carbons (Fsp3) is 0.314. The number of hydrogen-bond acceptors (Lipinski definition) is 6. The van der Waals surface area contributed by atoms with Crippen molar-refractivity contribution in [3.63, 3.8) is 0 Å². The van der Waals surface area contributed by atoms with E-state index in [2.05, 4.69) is 34.0 Å². The van der Waals surface area contributed by atoms with Crippen molar-refractivity contribution in [3.05, 3.63) is 110 Å². The second kappa shape index (κ2) is 15.4. The summed E-state index contributed by atoms with van der Waals surface area (Å²) in [5, 5.41) is 14.6. The van der Waals surface area contributed by atoms with E-state index in [1.54, 1.807) is 60.5 Å². The van der Waals surface area contributed by atoms with Crippen molar-refractivity contribution in [2.75, 3.05) is 43.4 Å². The van der Waals surface area contributed by atoms with Gasteiger partial charge in [-0.15, -0.1) is 0 Å². The molecule has 0 spiro atoms. The van der Waals surface area contributed by atoms with Gasteiger partial charge in [0, 0.05) is 47.6 Å². The highest BCUT2D eigenvalue weighted by Gasteiger charge is 2.32. The van der Waals surface area contributed by atoms with Gasteiger partial charge in [0.25, 0.3) is 5.91 Å². The highest BCUT2D eigenvalue weighted by Crippen LogP contribution is 2.38. The van der Waals surface area contributed by atoms with Crippen molar-refractivity contribution < 1.29 is 14.7 Å². The number of amides is 2. The first-order valence-electron chi connectivity index (χ1n) is 15.2. The first-order valence-corrected chi connectivity index (χ1v) is 15.9. The third kappa shape index (κ3) is 8.34. The Bertz CT molecular complexity index is 1650. The van der Waals surface area contributed by atoms with Crippen LogP contribution in [0.1, 0.15) is 58.1 Å². The van der Waals surface area contributed by atoms with Gasteiger partial charge < -0.3 is 20.2 Å². The maximum atomic E-state index is 13.0. The van der Waals surface area contributed by atoms with E-state index in [1.165, 1.54) is 11.1 Å². The zero-order valence-electron chi connectivity index (χ0n) is 27.0. The molecular formula is C35H40Cl2N6O3. The molecule has 3 aromatic carbocycles. The molecule has 0 saturated carbocycles. The van der Waals surface area contributed by atoms with Crippen LogP contribution in [0.25, 0.3) is 0 Å². The average molecular weight is 664 g/mol. The van der Waals surface area contributed by atoms with E-state index in [0.717, 1.165) is 41.9 Å². The van der Waals surface area contributed by atoms with Crippen LogP contribution in [0, 0.1) is 20.8 Å². The quantitative estimate of drug-likeness (QED) is 0.158. The molecule has 1 heterocycles. The lowest BCUT2D eigenvalue weighted by atomic mass is 9.89. The van der Waals surface area contributed by atoms with Gasteiger partial charge >= 0.3 is 6.09 Å². The first-order chi connectivity index (χ1) is 21.9. The summed E-state index contributed by atoms with van der Waals surface area (Å²) in [7, 11) is 1.80. The minimum Gasteiger partial charge on any atom is -0.465 e. The van der Waals surface area contributed by atoms with Gasteiger partial charge in [0.1, 0.15) is 5.82 Å². The Morgan fingerprint density at radius 3 is 2.07 bits per heavy atom. The SMILES string of the molecule is CCN(CC)CCN(C)C(=O)c1ccc(Nc2nccc(N(C(=O)O)C(c3cc(Cl)cc(Cl)c3)c3c(C)cc(C)cc3C)n2)cc1. The molecule has 242 valence electrons. The lowest BCUT2D eigenvalue weighted by Crippen LogP contribution is -2.36. The predicted octanol–water partition coefficient (Wildman–Crippen LogP) is 8.14. The summed E-state index contributed by atoms with van der Waals surface area (Å²) in [5.41, 5.74) is 5.52. The van der Waals surface area contributed by atoms with Crippen LogP contribution < -0.4 is 10.2 Å². The van der Waals surface area contributed by atoms with Crippen LogP contribution >= 0.6 is 23.2 Å². The molecule has 46 heavy (non-hydrogen) atoms. The highest BCUT2D eigenvalue weighted by atomic mass is 35.5. The molecule has 9 nitrogen and oxygen atoms in total. The molecule has 11 heteroatoms. The number of rotatable bonds is 12. The van der Waals surface area contributed by atoms with Crippen molar-refractivity contribution in [1.29, 1.82) is 0 Å². The maximum Gasteiger partial charge on any atom is 0.413 e. The Kier molecular flexibility index (Phi) is 11.6. The van der Waals surface area contributed by atoms with Crippen LogP contribution in [0.2, 0.25) is 10.0 Å². The molecule has 2 N–H and O–H groups in total. The number of benzene rings is 3. The lowest BCUT2D eigenvalue weighted by molar-refractivity contribution is 0.0779. The molecule has 0 aliphatic rings. The van der Waals surface area contributed by atoms with E-state index in [-0.39, 0.29) is 17.7 Å². The van der Waals surface area contributed by atoms with Crippen LogP contribution in [0.3, 0.4) is 0 Å². The van der Waals surface area contributed by atoms with Crippen LogP contribution in [0.15, 0.2) is 66.9 Å².